The number of aryl methyl sites for hydroxylation is 2. The molecule has 0 aliphatic heterocycles. The van der Waals surface area contributed by atoms with Gasteiger partial charge in [-0.1, -0.05) is 17.7 Å². The molecular formula is C24H23N5O3S2. The van der Waals surface area contributed by atoms with Gasteiger partial charge in [-0.25, -0.2) is 13.4 Å². The third-order valence-electron chi connectivity index (χ3n) is 5.09. The van der Waals surface area contributed by atoms with Crippen molar-refractivity contribution >= 4 is 32.4 Å². The number of anilines is 1. The first-order chi connectivity index (χ1) is 16.3. The molecule has 0 radical (unpaired) electrons. The van der Waals surface area contributed by atoms with Gasteiger partial charge in [0.15, 0.2) is 5.13 Å². The largest absolute Gasteiger partial charge is 0.298 e. The maximum absolute atomic E-state index is 12.9. The Balaban J connectivity index is 1.74. The van der Waals surface area contributed by atoms with Crippen LogP contribution in [0.4, 0.5) is 5.13 Å². The minimum absolute atomic E-state index is 0.00442. The molecule has 8 nitrogen and oxygen atoms in total. The number of nitrogens with zero attached hydrogens (tertiary/aromatic N) is 4. The molecule has 0 atom stereocenters. The van der Waals surface area contributed by atoms with E-state index in [4.69, 9.17) is 10.5 Å². The normalized spacial score (nSPS) is 11.1. The molecule has 0 saturated carbocycles. The van der Waals surface area contributed by atoms with Gasteiger partial charge in [-0.05, 0) is 49.7 Å². The second kappa shape index (κ2) is 11.0. The molecule has 0 spiro atoms. The number of aromatic nitrogens is 1. The number of thiazole rings is 1. The third kappa shape index (κ3) is 5.86. The SMILES string of the molecule is Cc1ccc(C)c(-c2csc(NC(=O)c3ccc(S(=O)(=O)N(CCC#N)CCC#N)cc3)n2)c1. The third-order valence-corrected chi connectivity index (χ3v) is 7.76. The van der Waals surface area contributed by atoms with Crippen LogP contribution in [0.15, 0.2) is 52.7 Å². The van der Waals surface area contributed by atoms with Gasteiger partial charge in [-0.2, -0.15) is 14.8 Å². The molecule has 0 saturated heterocycles. The summed E-state index contributed by atoms with van der Waals surface area (Å²) in [6, 6.07) is 15.5. The van der Waals surface area contributed by atoms with E-state index in [0.29, 0.717) is 5.13 Å². The van der Waals surface area contributed by atoms with Gasteiger partial charge in [0, 0.05) is 42.4 Å². The van der Waals surface area contributed by atoms with Crippen molar-refractivity contribution in [2.24, 2.45) is 0 Å². The van der Waals surface area contributed by atoms with Crippen LogP contribution in [0.1, 0.15) is 34.3 Å². The van der Waals surface area contributed by atoms with E-state index in [1.807, 2.05) is 49.6 Å². The average Bonchev–Trinajstić information content (AvgIpc) is 3.28. The molecular weight excluding hydrogens is 470 g/mol. The molecule has 34 heavy (non-hydrogen) atoms. The van der Waals surface area contributed by atoms with Crippen LogP contribution in [0.3, 0.4) is 0 Å². The topological polar surface area (TPSA) is 127 Å². The summed E-state index contributed by atoms with van der Waals surface area (Å²) in [5.74, 6) is -0.406. The first-order valence-corrected chi connectivity index (χ1v) is 12.8. The van der Waals surface area contributed by atoms with Crippen LogP contribution in [-0.2, 0) is 10.0 Å². The van der Waals surface area contributed by atoms with Gasteiger partial charge in [0.25, 0.3) is 5.91 Å². The second-order valence-corrected chi connectivity index (χ2v) is 10.4. The van der Waals surface area contributed by atoms with Gasteiger partial charge in [0.2, 0.25) is 10.0 Å². The molecule has 3 aromatic rings. The number of amides is 1. The van der Waals surface area contributed by atoms with Crippen molar-refractivity contribution < 1.29 is 13.2 Å². The molecule has 1 N–H and O–H groups in total. The molecule has 3 rings (SSSR count). The van der Waals surface area contributed by atoms with Crippen molar-refractivity contribution in [2.45, 2.75) is 31.6 Å². The number of hydrogen-bond donors (Lipinski definition) is 1. The summed E-state index contributed by atoms with van der Waals surface area (Å²) in [7, 11) is -3.89. The maximum atomic E-state index is 12.9. The lowest BCUT2D eigenvalue weighted by Gasteiger charge is -2.20. The molecule has 1 amide bonds. The summed E-state index contributed by atoms with van der Waals surface area (Å²) >= 11 is 1.31. The van der Waals surface area contributed by atoms with E-state index in [1.54, 1.807) is 0 Å². The lowest BCUT2D eigenvalue weighted by atomic mass is 10.0. The van der Waals surface area contributed by atoms with Crippen molar-refractivity contribution in [1.29, 1.82) is 10.5 Å². The van der Waals surface area contributed by atoms with Crippen molar-refractivity contribution in [3.8, 4) is 23.4 Å². The monoisotopic (exact) mass is 493 g/mol. The summed E-state index contributed by atoms with van der Waals surface area (Å²) in [6.45, 7) is 4.00. The van der Waals surface area contributed by atoms with E-state index < -0.39 is 15.9 Å². The van der Waals surface area contributed by atoms with E-state index in [-0.39, 0.29) is 36.4 Å². The second-order valence-electron chi connectivity index (χ2n) is 7.56. The molecule has 0 unspecified atom stereocenters. The van der Waals surface area contributed by atoms with Gasteiger partial charge in [-0.3, -0.25) is 10.1 Å². The molecule has 10 heteroatoms. The quantitative estimate of drug-likeness (QED) is 0.468. The van der Waals surface area contributed by atoms with Crippen molar-refractivity contribution in [1.82, 2.24) is 9.29 Å². The zero-order valence-electron chi connectivity index (χ0n) is 18.8. The van der Waals surface area contributed by atoms with Gasteiger partial charge in [-0.15, -0.1) is 11.3 Å². The molecule has 174 valence electrons. The standard InChI is InChI=1S/C24H23N5O3S2/c1-17-5-6-18(2)21(15-17)22-16-33-24(27-22)28-23(30)19-7-9-20(10-8-19)34(31,32)29(13-3-11-25)14-4-12-26/h5-10,15-16H,3-4,13-14H2,1-2H3,(H,27,28,30). The van der Waals surface area contributed by atoms with Gasteiger partial charge >= 0.3 is 0 Å². The first kappa shape index (κ1) is 25.1. The Hall–Kier alpha value is -3.57. The van der Waals surface area contributed by atoms with E-state index in [1.165, 1.54) is 35.6 Å². The Labute approximate surface area is 203 Å². The summed E-state index contributed by atoms with van der Waals surface area (Å²) < 4.78 is 26.9. The lowest BCUT2D eigenvalue weighted by molar-refractivity contribution is 0.102. The molecule has 0 aliphatic rings. The number of carbonyl (C=O) groups is 1. The minimum atomic E-state index is -3.89. The molecule has 0 bridgehead atoms. The number of sulfonamides is 1. The van der Waals surface area contributed by atoms with Crippen molar-refractivity contribution in [3.05, 3.63) is 64.5 Å². The predicted octanol–water partition coefficient (Wildman–Crippen LogP) is 4.50. The van der Waals surface area contributed by atoms with E-state index in [9.17, 15) is 13.2 Å². The fraction of sp³-hybridized carbons (Fsp3) is 0.250. The fourth-order valence-corrected chi connectivity index (χ4v) is 5.41. The van der Waals surface area contributed by atoms with Crippen LogP contribution in [0.5, 0.6) is 0 Å². The fourth-order valence-electron chi connectivity index (χ4n) is 3.26. The number of hydrogen-bond acceptors (Lipinski definition) is 7. The highest BCUT2D eigenvalue weighted by Gasteiger charge is 2.24. The average molecular weight is 494 g/mol. The van der Waals surface area contributed by atoms with Crippen LogP contribution < -0.4 is 5.32 Å². The Morgan fingerprint density at radius 2 is 1.71 bits per heavy atom. The first-order valence-electron chi connectivity index (χ1n) is 10.4. The molecule has 1 heterocycles. The molecule has 1 aromatic heterocycles. The Morgan fingerprint density at radius 1 is 1.06 bits per heavy atom. The Morgan fingerprint density at radius 3 is 2.32 bits per heavy atom. The van der Waals surface area contributed by atoms with Crippen LogP contribution >= 0.6 is 11.3 Å². The van der Waals surface area contributed by atoms with E-state index >= 15 is 0 Å². The Kier molecular flexibility index (Phi) is 8.13. The van der Waals surface area contributed by atoms with Crippen molar-refractivity contribution in [2.75, 3.05) is 18.4 Å². The van der Waals surface area contributed by atoms with Gasteiger partial charge in [0.1, 0.15) is 0 Å². The zero-order chi connectivity index (χ0) is 24.7. The predicted molar refractivity (Wildman–Crippen MR) is 131 cm³/mol. The summed E-state index contributed by atoms with van der Waals surface area (Å²) in [5, 5.41) is 22.7. The minimum Gasteiger partial charge on any atom is -0.298 e. The number of carbonyl (C=O) groups excluding carboxylic acids is 1. The summed E-state index contributed by atoms with van der Waals surface area (Å²) in [6.07, 6.45) is 0.0338. The summed E-state index contributed by atoms with van der Waals surface area (Å²) in [5.41, 5.74) is 4.27. The zero-order valence-corrected chi connectivity index (χ0v) is 20.4. The van der Waals surface area contributed by atoms with E-state index in [0.717, 1.165) is 26.7 Å². The number of benzene rings is 2. The highest BCUT2D eigenvalue weighted by molar-refractivity contribution is 7.89. The van der Waals surface area contributed by atoms with Gasteiger partial charge < -0.3 is 0 Å². The number of nitrogens with one attached hydrogen (secondary N) is 1. The highest BCUT2D eigenvalue weighted by Crippen LogP contribution is 2.28. The molecule has 0 fully saturated rings. The van der Waals surface area contributed by atoms with Gasteiger partial charge in [0.05, 0.1) is 22.7 Å². The van der Waals surface area contributed by atoms with Crippen LogP contribution in [0.2, 0.25) is 0 Å². The highest BCUT2D eigenvalue weighted by atomic mass is 32.2. The number of rotatable bonds is 9. The van der Waals surface area contributed by atoms with Crippen LogP contribution in [-0.4, -0.2) is 36.7 Å². The lowest BCUT2D eigenvalue weighted by Crippen LogP contribution is -2.32. The van der Waals surface area contributed by atoms with Crippen LogP contribution in [0.25, 0.3) is 11.3 Å². The smallest absolute Gasteiger partial charge is 0.257 e. The van der Waals surface area contributed by atoms with Crippen LogP contribution in [0, 0.1) is 36.5 Å². The maximum Gasteiger partial charge on any atom is 0.257 e. The number of nitriles is 2. The molecule has 2 aromatic carbocycles. The van der Waals surface area contributed by atoms with Crippen molar-refractivity contribution in [3.63, 3.8) is 0 Å². The van der Waals surface area contributed by atoms with E-state index in [2.05, 4.69) is 10.3 Å². The molecule has 0 aliphatic carbocycles. The summed E-state index contributed by atoms with van der Waals surface area (Å²) in [4.78, 5) is 17.2. The Bertz CT molecular complexity index is 1350.